The zero-order valence-electron chi connectivity index (χ0n) is 24.0. The van der Waals surface area contributed by atoms with Crippen molar-refractivity contribution in [1.82, 2.24) is 34.3 Å². The monoisotopic (exact) mass is 579 g/mol. The smallest absolute Gasteiger partial charge is 0.296 e. The second-order valence-electron chi connectivity index (χ2n) is 10.4. The van der Waals surface area contributed by atoms with E-state index in [1.807, 2.05) is 36.0 Å². The number of carbonyl (C=O) groups excluding carboxylic acids is 1. The molecule has 1 atom stereocenters. The Kier molecular flexibility index (Phi) is 9.18. The summed E-state index contributed by atoms with van der Waals surface area (Å²) in [6.07, 6.45) is 0.575. The minimum Gasteiger partial charge on any atom is -0.378 e. The van der Waals surface area contributed by atoms with E-state index in [1.165, 1.54) is 4.57 Å². The molecule has 0 spiro atoms. The highest BCUT2D eigenvalue weighted by molar-refractivity contribution is 5.84. The Morgan fingerprint density at radius 3 is 2.45 bits per heavy atom. The van der Waals surface area contributed by atoms with E-state index in [4.69, 9.17) is 9.72 Å². The van der Waals surface area contributed by atoms with Crippen molar-refractivity contribution in [2.45, 2.75) is 25.9 Å². The third-order valence-electron chi connectivity index (χ3n) is 7.01. The molecule has 11 nitrogen and oxygen atoms in total. The fraction of sp³-hybridized carbons (Fsp3) is 0.414. The summed E-state index contributed by atoms with van der Waals surface area (Å²) in [6.45, 7) is 5.56. The van der Waals surface area contributed by atoms with Crippen molar-refractivity contribution in [2.75, 3.05) is 63.7 Å². The molecule has 5 rings (SSSR count). The van der Waals surface area contributed by atoms with Gasteiger partial charge < -0.3 is 24.8 Å². The van der Waals surface area contributed by atoms with E-state index in [0.29, 0.717) is 62.8 Å². The molecule has 1 aliphatic rings. The Labute approximate surface area is 243 Å². The van der Waals surface area contributed by atoms with E-state index in [-0.39, 0.29) is 17.7 Å². The molecule has 1 aliphatic heterocycles. The van der Waals surface area contributed by atoms with E-state index in [0.717, 1.165) is 5.56 Å². The Morgan fingerprint density at radius 2 is 1.74 bits per heavy atom. The topological polar surface area (TPSA) is 105 Å². The number of rotatable bonds is 11. The van der Waals surface area contributed by atoms with Gasteiger partial charge in [-0.15, -0.1) is 0 Å². The SMILES string of the molecule is C[C@H](Nc1nc(N2CCOCC2)cc(-n2c(C(F)F)nc3ccccc32)n1)C(=O)N(CCN(C)C)Cc1ccncc1. The Hall–Kier alpha value is -4.23. The number of nitrogens with zero attached hydrogens (tertiary/aromatic N) is 8. The number of halogens is 2. The number of likely N-dealkylation sites (N-methyl/N-ethyl adjacent to an activating group) is 1. The molecule has 1 amide bonds. The number of amides is 1. The highest BCUT2D eigenvalue weighted by atomic mass is 19.3. The molecule has 1 saturated heterocycles. The van der Waals surface area contributed by atoms with Gasteiger partial charge in [0.15, 0.2) is 5.82 Å². The molecule has 0 saturated carbocycles. The number of benzene rings is 1. The number of morpholine rings is 1. The van der Waals surface area contributed by atoms with E-state index in [2.05, 4.69) is 20.3 Å². The quantitative estimate of drug-likeness (QED) is 0.286. The minimum atomic E-state index is -2.82. The number of anilines is 2. The number of pyridine rings is 1. The third-order valence-corrected chi connectivity index (χ3v) is 7.01. The number of carbonyl (C=O) groups is 1. The second-order valence-corrected chi connectivity index (χ2v) is 10.4. The van der Waals surface area contributed by atoms with Gasteiger partial charge in [0.1, 0.15) is 17.7 Å². The predicted octanol–water partition coefficient (Wildman–Crippen LogP) is 3.38. The molecule has 1 aromatic carbocycles. The molecule has 13 heteroatoms. The van der Waals surface area contributed by atoms with Crippen LogP contribution >= 0.6 is 0 Å². The zero-order valence-corrected chi connectivity index (χ0v) is 24.0. The van der Waals surface area contributed by atoms with Crippen LogP contribution < -0.4 is 10.2 Å². The minimum absolute atomic E-state index is 0.142. The van der Waals surface area contributed by atoms with Crippen molar-refractivity contribution in [3.63, 3.8) is 0 Å². The summed E-state index contributed by atoms with van der Waals surface area (Å²) in [7, 11) is 3.91. The number of ether oxygens (including phenoxy) is 1. The first-order chi connectivity index (χ1) is 20.3. The van der Waals surface area contributed by atoms with Crippen LogP contribution in [0.25, 0.3) is 16.9 Å². The van der Waals surface area contributed by atoms with Gasteiger partial charge in [-0.25, -0.2) is 13.8 Å². The molecule has 0 unspecified atom stereocenters. The predicted molar refractivity (Wildman–Crippen MR) is 156 cm³/mol. The number of fused-ring (bicyclic) bond motifs is 1. The Morgan fingerprint density at radius 1 is 1.02 bits per heavy atom. The fourth-order valence-electron chi connectivity index (χ4n) is 4.81. The van der Waals surface area contributed by atoms with Crippen LogP contribution in [-0.4, -0.2) is 99.7 Å². The van der Waals surface area contributed by atoms with Crippen molar-refractivity contribution in [2.24, 2.45) is 0 Å². The summed E-state index contributed by atoms with van der Waals surface area (Å²) >= 11 is 0. The summed E-state index contributed by atoms with van der Waals surface area (Å²) in [5, 5.41) is 3.16. The lowest BCUT2D eigenvalue weighted by Crippen LogP contribution is -2.44. The summed E-state index contributed by atoms with van der Waals surface area (Å²) in [6, 6.07) is 11.7. The van der Waals surface area contributed by atoms with Gasteiger partial charge >= 0.3 is 0 Å². The summed E-state index contributed by atoms with van der Waals surface area (Å²) < 4.78 is 35.2. The van der Waals surface area contributed by atoms with Crippen LogP contribution in [0.3, 0.4) is 0 Å². The number of imidazole rings is 1. The molecule has 4 aromatic rings. The maximum absolute atomic E-state index is 14.2. The van der Waals surface area contributed by atoms with E-state index in [9.17, 15) is 13.6 Å². The molecule has 3 aromatic heterocycles. The standard InChI is InChI=1S/C29H35F2N9O2/c1-20(28(41)39(13-12-37(2)3)19-21-8-10-32-11-9-21)33-29-35-24(38-14-16-42-17-15-38)18-25(36-29)40-23-7-5-4-6-22(23)34-27(40)26(30)31/h4-11,18,20,26H,12-17,19H2,1-3H3,(H,33,35,36)/t20-/m0/s1. The van der Waals surface area contributed by atoms with Crippen molar-refractivity contribution in [1.29, 1.82) is 0 Å². The van der Waals surface area contributed by atoms with Crippen LogP contribution in [0.1, 0.15) is 24.7 Å². The molecular weight excluding hydrogens is 544 g/mol. The maximum Gasteiger partial charge on any atom is 0.296 e. The van der Waals surface area contributed by atoms with Crippen molar-refractivity contribution in [3.8, 4) is 5.82 Å². The first-order valence-electron chi connectivity index (χ1n) is 13.9. The number of para-hydroxylation sites is 2. The molecule has 222 valence electrons. The lowest BCUT2D eigenvalue weighted by Gasteiger charge is -2.29. The number of alkyl halides is 2. The van der Waals surface area contributed by atoms with Gasteiger partial charge in [-0.05, 0) is 50.8 Å². The highest BCUT2D eigenvalue weighted by Gasteiger charge is 2.26. The van der Waals surface area contributed by atoms with Crippen LogP contribution in [-0.2, 0) is 16.1 Å². The van der Waals surface area contributed by atoms with Crippen LogP contribution in [0.5, 0.6) is 0 Å². The number of hydrogen-bond donors (Lipinski definition) is 1. The fourth-order valence-corrected chi connectivity index (χ4v) is 4.81. The molecular formula is C29H35F2N9O2. The lowest BCUT2D eigenvalue weighted by molar-refractivity contribution is -0.132. The number of aromatic nitrogens is 5. The van der Waals surface area contributed by atoms with Crippen molar-refractivity contribution >= 4 is 28.7 Å². The molecule has 4 heterocycles. The van der Waals surface area contributed by atoms with Crippen LogP contribution in [0.15, 0.2) is 54.9 Å². The van der Waals surface area contributed by atoms with Gasteiger partial charge in [0.05, 0.1) is 24.2 Å². The summed E-state index contributed by atoms with van der Waals surface area (Å²) in [4.78, 5) is 37.1. The van der Waals surface area contributed by atoms with Crippen molar-refractivity contribution in [3.05, 3.63) is 66.2 Å². The number of hydrogen-bond acceptors (Lipinski definition) is 9. The molecule has 0 radical (unpaired) electrons. The van der Waals surface area contributed by atoms with Gasteiger partial charge in [0.2, 0.25) is 11.9 Å². The van der Waals surface area contributed by atoms with Gasteiger partial charge in [0.25, 0.3) is 6.43 Å². The van der Waals surface area contributed by atoms with Gasteiger partial charge in [0, 0.05) is 51.2 Å². The summed E-state index contributed by atoms with van der Waals surface area (Å²) in [5.41, 5.74) is 1.90. The average molecular weight is 580 g/mol. The lowest BCUT2D eigenvalue weighted by atomic mass is 10.2. The van der Waals surface area contributed by atoms with Crippen molar-refractivity contribution < 1.29 is 18.3 Å². The molecule has 1 N–H and O–H groups in total. The normalized spacial score (nSPS) is 14.5. The zero-order chi connectivity index (χ0) is 29.6. The highest BCUT2D eigenvalue weighted by Crippen LogP contribution is 2.29. The molecule has 0 bridgehead atoms. The third kappa shape index (κ3) is 6.80. The van der Waals surface area contributed by atoms with E-state index < -0.39 is 18.3 Å². The van der Waals surface area contributed by atoms with E-state index in [1.54, 1.807) is 54.5 Å². The molecule has 0 aliphatic carbocycles. The van der Waals surface area contributed by atoms with Crippen LogP contribution in [0.2, 0.25) is 0 Å². The molecule has 42 heavy (non-hydrogen) atoms. The maximum atomic E-state index is 14.2. The van der Waals surface area contributed by atoms with Crippen LogP contribution in [0.4, 0.5) is 20.5 Å². The first-order valence-corrected chi connectivity index (χ1v) is 13.9. The Balaban J connectivity index is 1.49. The summed E-state index contributed by atoms with van der Waals surface area (Å²) in [5.74, 6) is 0.384. The number of nitrogens with one attached hydrogen (secondary N) is 1. The van der Waals surface area contributed by atoms with Gasteiger partial charge in [-0.3, -0.25) is 14.3 Å². The average Bonchev–Trinajstić information content (AvgIpc) is 3.40. The largest absolute Gasteiger partial charge is 0.378 e. The second kappa shape index (κ2) is 13.2. The van der Waals surface area contributed by atoms with Gasteiger partial charge in [-0.2, -0.15) is 9.97 Å². The first kappa shape index (κ1) is 29.3. The van der Waals surface area contributed by atoms with E-state index >= 15 is 0 Å². The Bertz CT molecular complexity index is 1490. The molecule has 1 fully saturated rings. The van der Waals surface area contributed by atoms with Gasteiger partial charge in [-0.1, -0.05) is 12.1 Å². The van der Waals surface area contributed by atoms with Crippen LogP contribution in [0, 0.1) is 0 Å².